The highest BCUT2D eigenvalue weighted by atomic mass is 32.2. The Morgan fingerprint density at radius 1 is 1.00 bits per heavy atom. The molecule has 1 aliphatic heterocycles. The fourth-order valence-electron chi connectivity index (χ4n) is 1.12. The topological polar surface area (TPSA) is 52.6 Å². The summed E-state index contributed by atoms with van der Waals surface area (Å²) in [6.07, 6.45) is 0. The standard InChI is InChI=1S/C10H14O4S2/c1-3-13-9(11)7-8(10(12)14-4-2)16-6-5-15-7/h3-6H2,1-2H3. The predicted octanol–water partition coefficient (Wildman–Crippen LogP) is 1.80. The number of hydrogen-bond donors (Lipinski definition) is 0. The van der Waals surface area contributed by atoms with Crippen LogP contribution < -0.4 is 0 Å². The van der Waals surface area contributed by atoms with Crippen LogP contribution in [0.5, 0.6) is 0 Å². The van der Waals surface area contributed by atoms with Gasteiger partial charge in [-0.15, -0.1) is 23.5 Å². The Kier molecular flexibility index (Phi) is 5.76. The molecule has 0 aromatic carbocycles. The molecule has 0 N–H and O–H groups in total. The number of esters is 2. The third kappa shape index (κ3) is 3.45. The van der Waals surface area contributed by atoms with Gasteiger partial charge in [-0.25, -0.2) is 9.59 Å². The van der Waals surface area contributed by atoms with Gasteiger partial charge in [0.25, 0.3) is 0 Å². The van der Waals surface area contributed by atoms with E-state index in [2.05, 4.69) is 0 Å². The molecule has 0 aromatic rings. The number of ether oxygens (including phenoxy) is 2. The average molecular weight is 262 g/mol. The molecule has 4 nitrogen and oxygen atoms in total. The Balaban J connectivity index is 2.86. The van der Waals surface area contributed by atoms with Crippen molar-refractivity contribution in [2.75, 3.05) is 24.7 Å². The van der Waals surface area contributed by atoms with Gasteiger partial charge in [-0.2, -0.15) is 0 Å². The molecule has 16 heavy (non-hydrogen) atoms. The molecule has 0 amide bonds. The second-order valence-corrected chi connectivity index (χ2v) is 5.01. The molecule has 0 saturated heterocycles. The van der Waals surface area contributed by atoms with E-state index >= 15 is 0 Å². The second kappa shape index (κ2) is 6.85. The Morgan fingerprint density at radius 2 is 1.38 bits per heavy atom. The first-order chi connectivity index (χ1) is 7.70. The first-order valence-electron chi connectivity index (χ1n) is 5.04. The molecule has 6 heteroatoms. The van der Waals surface area contributed by atoms with Gasteiger partial charge in [-0.05, 0) is 13.8 Å². The van der Waals surface area contributed by atoms with Gasteiger partial charge in [-0.1, -0.05) is 0 Å². The van der Waals surface area contributed by atoms with E-state index in [-0.39, 0.29) is 0 Å². The summed E-state index contributed by atoms with van der Waals surface area (Å²) in [4.78, 5) is 24.0. The monoisotopic (exact) mass is 262 g/mol. The molecule has 0 aromatic heterocycles. The zero-order chi connectivity index (χ0) is 12.0. The van der Waals surface area contributed by atoms with E-state index in [0.29, 0.717) is 23.0 Å². The fourth-order valence-corrected chi connectivity index (χ4v) is 3.33. The summed E-state index contributed by atoms with van der Waals surface area (Å²) in [5, 5.41) is 0. The van der Waals surface area contributed by atoms with Crippen LogP contribution >= 0.6 is 23.5 Å². The quantitative estimate of drug-likeness (QED) is 0.720. The van der Waals surface area contributed by atoms with Crippen molar-refractivity contribution in [1.29, 1.82) is 0 Å². The Hall–Kier alpha value is -0.620. The molecule has 1 rings (SSSR count). The summed E-state index contributed by atoms with van der Waals surface area (Å²) in [5.74, 6) is 0.759. The molecule has 0 atom stereocenters. The van der Waals surface area contributed by atoms with Gasteiger partial charge >= 0.3 is 11.9 Å². The van der Waals surface area contributed by atoms with Crippen LogP contribution in [0, 0.1) is 0 Å². The lowest BCUT2D eigenvalue weighted by molar-refractivity contribution is -0.140. The smallest absolute Gasteiger partial charge is 0.346 e. The van der Waals surface area contributed by atoms with Crippen molar-refractivity contribution in [1.82, 2.24) is 0 Å². The van der Waals surface area contributed by atoms with Crippen molar-refractivity contribution < 1.29 is 19.1 Å². The maximum Gasteiger partial charge on any atom is 0.346 e. The van der Waals surface area contributed by atoms with E-state index in [0.717, 1.165) is 11.5 Å². The van der Waals surface area contributed by atoms with E-state index in [9.17, 15) is 9.59 Å². The maximum atomic E-state index is 11.6. The van der Waals surface area contributed by atoms with Crippen molar-refractivity contribution >= 4 is 35.5 Å². The molecule has 0 aliphatic carbocycles. The Bertz CT molecular complexity index is 282. The molecular formula is C10H14O4S2. The molecular weight excluding hydrogens is 248 g/mol. The Labute approximate surface area is 103 Å². The van der Waals surface area contributed by atoms with Crippen LogP contribution in [0.3, 0.4) is 0 Å². The Morgan fingerprint density at radius 3 is 1.69 bits per heavy atom. The molecule has 0 saturated carbocycles. The molecule has 90 valence electrons. The van der Waals surface area contributed by atoms with E-state index in [4.69, 9.17) is 9.47 Å². The van der Waals surface area contributed by atoms with Crippen LogP contribution in [0.25, 0.3) is 0 Å². The lowest BCUT2D eigenvalue weighted by atomic mass is 10.5. The second-order valence-electron chi connectivity index (χ2n) is 2.80. The van der Waals surface area contributed by atoms with Crippen molar-refractivity contribution in [3.05, 3.63) is 9.81 Å². The van der Waals surface area contributed by atoms with Crippen LogP contribution in [0.1, 0.15) is 13.8 Å². The van der Waals surface area contributed by atoms with Gasteiger partial charge in [0.1, 0.15) is 9.81 Å². The van der Waals surface area contributed by atoms with E-state index < -0.39 is 11.9 Å². The van der Waals surface area contributed by atoms with Gasteiger partial charge in [-0.3, -0.25) is 0 Å². The van der Waals surface area contributed by atoms with Crippen LogP contribution in [0.4, 0.5) is 0 Å². The highest BCUT2D eigenvalue weighted by Crippen LogP contribution is 2.35. The number of carbonyl (C=O) groups is 2. The lowest BCUT2D eigenvalue weighted by Gasteiger charge is -2.16. The minimum absolute atomic E-state index is 0.309. The zero-order valence-electron chi connectivity index (χ0n) is 9.28. The third-order valence-corrected chi connectivity index (χ3v) is 4.23. The van der Waals surface area contributed by atoms with Gasteiger partial charge in [0.15, 0.2) is 0 Å². The summed E-state index contributed by atoms with van der Waals surface area (Å²) in [6.45, 7) is 4.10. The van der Waals surface area contributed by atoms with Crippen LogP contribution in [0.2, 0.25) is 0 Å². The molecule has 0 unspecified atom stereocenters. The van der Waals surface area contributed by atoms with Crippen molar-refractivity contribution in [2.45, 2.75) is 13.8 Å². The predicted molar refractivity (Wildman–Crippen MR) is 65.2 cm³/mol. The number of thioether (sulfide) groups is 2. The fraction of sp³-hybridized carbons (Fsp3) is 0.600. The number of carbonyl (C=O) groups excluding carboxylic acids is 2. The molecule has 1 heterocycles. The molecule has 0 radical (unpaired) electrons. The third-order valence-electron chi connectivity index (χ3n) is 1.70. The van der Waals surface area contributed by atoms with Crippen molar-refractivity contribution in [2.24, 2.45) is 0 Å². The van der Waals surface area contributed by atoms with Gasteiger partial charge in [0.2, 0.25) is 0 Å². The minimum atomic E-state index is -0.428. The van der Waals surface area contributed by atoms with Gasteiger partial charge in [0.05, 0.1) is 13.2 Å². The summed E-state index contributed by atoms with van der Waals surface area (Å²) in [5.41, 5.74) is 0. The molecule has 0 spiro atoms. The lowest BCUT2D eigenvalue weighted by Crippen LogP contribution is -2.17. The first-order valence-corrected chi connectivity index (χ1v) is 7.01. The van der Waals surface area contributed by atoms with Crippen LogP contribution in [-0.2, 0) is 19.1 Å². The minimum Gasteiger partial charge on any atom is -0.462 e. The molecule has 1 aliphatic rings. The SMILES string of the molecule is CCOC(=O)C1=C(C(=O)OCC)SCCS1. The summed E-state index contributed by atoms with van der Waals surface area (Å²) in [6, 6.07) is 0. The highest BCUT2D eigenvalue weighted by molar-refractivity contribution is 8.11. The molecule has 0 bridgehead atoms. The maximum absolute atomic E-state index is 11.6. The summed E-state index contributed by atoms with van der Waals surface area (Å²) >= 11 is 2.71. The average Bonchev–Trinajstić information content (AvgIpc) is 2.30. The van der Waals surface area contributed by atoms with E-state index in [1.165, 1.54) is 23.5 Å². The number of hydrogen-bond acceptors (Lipinski definition) is 6. The first kappa shape index (κ1) is 13.4. The van der Waals surface area contributed by atoms with E-state index in [1.807, 2.05) is 0 Å². The van der Waals surface area contributed by atoms with Gasteiger partial charge < -0.3 is 9.47 Å². The van der Waals surface area contributed by atoms with Gasteiger partial charge in [0, 0.05) is 11.5 Å². The largest absolute Gasteiger partial charge is 0.462 e. The normalized spacial score (nSPS) is 15.9. The van der Waals surface area contributed by atoms with Crippen molar-refractivity contribution in [3.63, 3.8) is 0 Å². The summed E-state index contributed by atoms with van der Waals surface area (Å²) in [7, 11) is 0. The van der Waals surface area contributed by atoms with Crippen molar-refractivity contribution in [3.8, 4) is 0 Å². The van der Waals surface area contributed by atoms with Crippen LogP contribution in [-0.4, -0.2) is 36.7 Å². The van der Waals surface area contributed by atoms with E-state index in [1.54, 1.807) is 13.8 Å². The zero-order valence-corrected chi connectivity index (χ0v) is 10.9. The summed E-state index contributed by atoms with van der Waals surface area (Å²) < 4.78 is 9.80. The number of rotatable bonds is 4. The molecule has 0 fully saturated rings. The van der Waals surface area contributed by atoms with Crippen LogP contribution in [0.15, 0.2) is 9.81 Å². The highest BCUT2D eigenvalue weighted by Gasteiger charge is 2.27.